The minimum Gasteiger partial charge on any atom is -0.303 e. The van der Waals surface area contributed by atoms with Gasteiger partial charge >= 0.3 is 7.82 Å². The molecule has 0 atom stereocenters. The van der Waals surface area contributed by atoms with Gasteiger partial charge in [-0.1, -0.05) is 219 Å². The topological polar surface area (TPSA) is 70.0 Å². The molecule has 0 amide bonds. The summed E-state index contributed by atoms with van der Waals surface area (Å²) in [5.74, 6) is 0. The average molecular weight is 702 g/mol. The van der Waals surface area contributed by atoms with Crippen molar-refractivity contribution in [2.75, 3.05) is 26.2 Å². The molecular weight excluding hydrogens is 613 g/mol. The van der Waals surface area contributed by atoms with Gasteiger partial charge in [-0.3, -0.25) is 4.52 Å². The van der Waals surface area contributed by atoms with Gasteiger partial charge in [0.1, 0.15) is 0 Å². The third kappa shape index (κ3) is 42.2. The van der Waals surface area contributed by atoms with Crippen LogP contribution < -0.4 is 0 Å². The van der Waals surface area contributed by atoms with Crippen molar-refractivity contribution in [2.45, 2.75) is 245 Å². The molecule has 0 aromatic rings. The third-order valence-corrected chi connectivity index (χ3v) is 10.8. The normalized spacial score (nSPS) is 12.1. The quantitative estimate of drug-likeness (QED) is 0.0490. The molecule has 6 heteroatoms. The zero-order valence-electron chi connectivity index (χ0n) is 32.9. The summed E-state index contributed by atoms with van der Waals surface area (Å²) >= 11 is 0. The van der Waals surface area contributed by atoms with Crippen LogP contribution in [0.25, 0.3) is 0 Å². The summed E-state index contributed by atoms with van der Waals surface area (Å²) in [5, 5.41) is 0. The highest BCUT2D eigenvalue weighted by atomic mass is 31.2. The van der Waals surface area contributed by atoms with Gasteiger partial charge in [0, 0.05) is 0 Å². The standard InChI is InChI=1S/C42H88NO4P/c1-3-5-7-9-11-13-23-27-31-35-39-43(40-36-32-28-24-14-12-10-8-6-4-2)41-37-33-29-25-21-19-17-15-16-18-20-22-26-30-34-38-42-47-48(44,45)46/h3-42H2,1-2H3,(H2,44,45,46). The zero-order valence-corrected chi connectivity index (χ0v) is 33.8. The molecule has 0 aliphatic carbocycles. The highest BCUT2D eigenvalue weighted by Gasteiger charge is 2.12. The Morgan fingerprint density at radius 2 is 0.562 bits per heavy atom. The zero-order chi connectivity index (χ0) is 35.1. The summed E-state index contributed by atoms with van der Waals surface area (Å²) in [6, 6.07) is 0. The van der Waals surface area contributed by atoms with Gasteiger partial charge in [-0.15, -0.1) is 0 Å². The molecule has 0 aliphatic rings. The molecule has 0 bridgehead atoms. The number of phosphoric acid groups is 1. The van der Waals surface area contributed by atoms with E-state index in [1.165, 1.54) is 232 Å². The van der Waals surface area contributed by atoms with E-state index in [4.69, 9.17) is 9.79 Å². The molecule has 0 aromatic heterocycles. The average Bonchev–Trinajstić information content (AvgIpc) is 3.06. The monoisotopic (exact) mass is 702 g/mol. The van der Waals surface area contributed by atoms with Crippen molar-refractivity contribution >= 4 is 7.82 Å². The highest BCUT2D eigenvalue weighted by molar-refractivity contribution is 7.46. The van der Waals surface area contributed by atoms with Crippen molar-refractivity contribution in [3.63, 3.8) is 0 Å². The SMILES string of the molecule is CCCCCCCCCCCCN(CCCCCCCCCCCC)CCCCCCCCCCCCCCCCCCOP(=O)(O)O. The minimum atomic E-state index is -4.28. The number of hydrogen-bond acceptors (Lipinski definition) is 3. The number of rotatable bonds is 42. The molecule has 0 saturated carbocycles. The van der Waals surface area contributed by atoms with Crippen LogP contribution in [0.1, 0.15) is 245 Å². The van der Waals surface area contributed by atoms with Gasteiger partial charge < -0.3 is 14.7 Å². The van der Waals surface area contributed by atoms with Crippen LogP contribution in [0.15, 0.2) is 0 Å². The molecule has 0 rings (SSSR count). The fraction of sp³-hybridized carbons (Fsp3) is 1.00. The van der Waals surface area contributed by atoms with Crippen molar-refractivity contribution in [3.05, 3.63) is 0 Å². The minimum absolute atomic E-state index is 0.168. The summed E-state index contributed by atoms with van der Waals surface area (Å²) in [5.41, 5.74) is 0. The summed E-state index contributed by atoms with van der Waals surface area (Å²) in [6.45, 7) is 8.80. The molecule has 0 unspecified atom stereocenters. The maximum Gasteiger partial charge on any atom is 0.469 e. The Hall–Kier alpha value is 0.0700. The first-order valence-corrected chi connectivity index (χ1v) is 23.4. The number of unbranched alkanes of at least 4 members (excludes halogenated alkanes) is 33. The van der Waals surface area contributed by atoms with Gasteiger partial charge in [-0.25, -0.2) is 4.57 Å². The Bertz CT molecular complexity index is 619. The molecule has 0 radical (unpaired) electrons. The van der Waals surface area contributed by atoms with Crippen molar-refractivity contribution in [1.82, 2.24) is 4.90 Å². The van der Waals surface area contributed by atoms with Crippen molar-refractivity contribution < 1.29 is 18.9 Å². The van der Waals surface area contributed by atoms with Crippen LogP contribution in [0.5, 0.6) is 0 Å². The Morgan fingerprint density at radius 1 is 0.354 bits per heavy atom. The molecule has 48 heavy (non-hydrogen) atoms. The van der Waals surface area contributed by atoms with Crippen molar-refractivity contribution in [3.8, 4) is 0 Å². The lowest BCUT2D eigenvalue weighted by atomic mass is 10.0. The van der Waals surface area contributed by atoms with E-state index in [1.54, 1.807) is 0 Å². The molecule has 0 saturated heterocycles. The second-order valence-electron chi connectivity index (χ2n) is 15.2. The van der Waals surface area contributed by atoms with Gasteiger partial charge in [-0.2, -0.15) is 0 Å². The molecule has 0 spiro atoms. The van der Waals surface area contributed by atoms with Gasteiger partial charge in [-0.05, 0) is 45.3 Å². The third-order valence-electron chi connectivity index (χ3n) is 10.3. The summed E-state index contributed by atoms with van der Waals surface area (Å²) in [6.07, 6.45) is 49.5. The molecule has 0 aromatic carbocycles. The molecular formula is C42H88NO4P. The molecule has 0 aliphatic heterocycles. The van der Waals surface area contributed by atoms with Crippen LogP contribution in [-0.2, 0) is 9.09 Å². The van der Waals surface area contributed by atoms with Gasteiger partial charge in [0.15, 0.2) is 0 Å². The Morgan fingerprint density at radius 3 is 0.792 bits per heavy atom. The van der Waals surface area contributed by atoms with Crippen LogP contribution in [0.4, 0.5) is 0 Å². The largest absolute Gasteiger partial charge is 0.469 e. The van der Waals surface area contributed by atoms with E-state index in [1.807, 2.05) is 0 Å². The maximum absolute atomic E-state index is 10.6. The van der Waals surface area contributed by atoms with Crippen LogP contribution in [0.3, 0.4) is 0 Å². The molecule has 5 nitrogen and oxygen atoms in total. The van der Waals surface area contributed by atoms with E-state index >= 15 is 0 Å². The highest BCUT2D eigenvalue weighted by Crippen LogP contribution is 2.35. The van der Waals surface area contributed by atoms with Crippen molar-refractivity contribution in [1.29, 1.82) is 0 Å². The first kappa shape index (κ1) is 48.1. The summed E-state index contributed by atoms with van der Waals surface area (Å²) < 4.78 is 15.1. The Labute approximate surface area is 302 Å². The van der Waals surface area contributed by atoms with Crippen LogP contribution in [0, 0.1) is 0 Å². The van der Waals surface area contributed by atoms with Crippen molar-refractivity contribution in [2.24, 2.45) is 0 Å². The van der Waals surface area contributed by atoms with E-state index < -0.39 is 7.82 Å². The van der Waals surface area contributed by atoms with Gasteiger partial charge in [0.2, 0.25) is 0 Å². The molecule has 0 fully saturated rings. The number of hydrogen-bond donors (Lipinski definition) is 2. The summed E-state index contributed by atoms with van der Waals surface area (Å²) in [4.78, 5) is 20.2. The molecule has 0 heterocycles. The predicted molar refractivity (Wildman–Crippen MR) is 212 cm³/mol. The van der Waals surface area contributed by atoms with Crippen LogP contribution in [-0.4, -0.2) is 40.9 Å². The second kappa shape index (κ2) is 39.8. The second-order valence-corrected chi connectivity index (χ2v) is 16.4. The van der Waals surface area contributed by atoms with Gasteiger partial charge in [0.25, 0.3) is 0 Å². The fourth-order valence-electron chi connectivity index (χ4n) is 7.08. The first-order chi connectivity index (χ1) is 23.5. The van der Waals surface area contributed by atoms with Crippen LogP contribution >= 0.6 is 7.82 Å². The van der Waals surface area contributed by atoms with E-state index in [0.717, 1.165) is 19.3 Å². The van der Waals surface area contributed by atoms with E-state index in [-0.39, 0.29) is 6.61 Å². The number of phosphoric ester groups is 1. The first-order valence-electron chi connectivity index (χ1n) is 21.9. The van der Waals surface area contributed by atoms with Gasteiger partial charge in [0.05, 0.1) is 6.61 Å². The van der Waals surface area contributed by atoms with E-state index in [9.17, 15) is 4.57 Å². The van der Waals surface area contributed by atoms with E-state index in [0.29, 0.717) is 0 Å². The predicted octanol–water partition coefficient (Wildman–Crippen LogP) is 14.5. The van der Waals surface area contributed by atoms with Crippen LogP contribution in [0.2, 0.25) is 0 Å². The fourth-order valence-corrected chi connectivity index (χ4v) is 7.44. The lowest BCUT2D eigenvalue weighted by Gasteiger charge is -2.22. The smallest absolute Gasteiger partial charge is 0.303 e. The summed E-state index contributed by atoms with van der Waals surface area (Å²) in [7, 11) is -4.28. The number of nitrogens with zero attached hydrogens (tertiary/aromatic N) is 1. The maximum atomic E-state index is 10.6. The Kier molecular flexibility index (Phi) is 39.9. The molecule has 290 valence electrons. The molecule has 2 N–H and O–H groups in total. The Balaban J connectivity index is 3.79. The lowest BCUT2D eigenvalue weighted by Crippen LogP contribution is -2.27. The lowest BCUT2D eigenvalue weighted by molar-refractivity contribution is 0.193. The van der Waals surface area contributed by atoms with E-state index in [2.05, 4.69) is 23.3 Å².